The Kier molecular flexibility index (Phi) is 5.20. The minimum atomic E-state index is -0.222. The molecule has 116 valence electrons. The normalized spacial score (nSPS) is 23.5. The van der Waals surface area contributed by atoms with Gasteiger partial charge < -0.3 is 16.0 Å². The summed E-state index contributed by atoms with van der Waals surface area (Å²) in [5.41, 5.74) is 8.63. The highest BCUT2D eigenvalue weighted by molar-refractivity contribution is 5.97. The van der Waals surface area contributed by atoms with E-state index in [0.717, 1.165) is 36.9 Å². The standard InChI is InChI=1S/C16H25N3O2/c1-11-9-12(16(17)18-21)7-8-13(11)10-19(2)14-5-3-4-6-15(14)20/h7-9,14-15,20-21H,3-6,10H2,1-2H3,(H2,17,18). The fourth-order valence-electron chi connectivity index (χ4n) is 3.08. The highest BCUT2D eigenvalue weighted by atomic mass is 16.4. The van der Waals surface area contributed by atoms with E-state index in [1.165, 1.54) is 12.0 Å². The van der Waals surface area contributed by atoms with Crippen LogP contribution in [0.15, 0.2) is 23.4 Å². The van der Waals surface area contributed by atoms with Gasteiger partial charge in [0.05, 0.1) is 6.10 Å². The molecular formula is C16H25N3O2. The minimum Gasteiger partial charge on any atom is -0.409 e. The maximum Gasteiger partial charge on any atom is 0.170 e. The molecule has 1 aromatic rings. The van der Waals surface area contributed by atoms with Gasteiger partial charge in [0.25, 0.3) is 0 Å². The molecule has 2 unspecified atom stereocenters. The van der Waals surface area contributed by atoms with Gasteiger partial charge in [0.15, 0.2) is 5.84 Å². The number of nitrogens with two attached hydrogens (primary N) is 1. The number of likely N-dealkylation sites (N-methyl/N-ethyl adjacent to an activating group) is 1. The molecule has 21 heavy (non-hydrogen) atoms. The van der Waals surface area contributed by atoms with Crippen molar-refractivity contribution in [1.29, 1.82) is 0 Å². The van der Waals surface area contributed by atoms with Gasteiger partial charge in [-0.15, -0.1) is 0 Å². The van der Waals surface area contributed by atoms with Crippen LogP contribution in [0.25, 0.3) is 0 Å². The quantitative estimate of drug-likeness (QED) is 0.342. The summed E-state index contributed by atoms with van der Waals surface area (Å²) in [5, 5.41) is 21.9. The molecule has 0 bridgehead atoms. The largest absolute Gasteiger partial charge is 0.409 e. The minimum absolute atomic E-state index is 0.126. The molecule has 1 saturated carbocycles. The van der Waals surface area contributed by atoms with E-state index < -0.39 is 0 Å². The molecule has 1 aliphatic carbocycles. The molecule has 2 rings (SSSR count). The van der Waals surface area contributed by atoms with E-state index in [0.29, 0.717) is 0 Å². The lowest BCUT2D eigenvalue weighted by Crippen LogP contribution is -2.42. The summed E-state index contributed by atoms with van der Waals surface area (Å²) < 4.78 is 0. The first-order valence-electron chi connectivity index (χ1n) is 7.48. The molecule has 1 aliphatic rings. The van der Waals surface area contributed by atoms with Gasteiger partial charge >= 0.3 is 0 Å². The zero-order valence-electron chi connectivity index (χ0n) is 12.8. The summed E-state index contributed by atoms with van der Waals surface area (Å²) >= 11 is 0. The summed E-state index contributed by atoms with van der Waals surface area (Å²) in [6, 6.07) is 6.04. The summed E-state index contributed by atoms with van der Waals surface area (Å²) in [5.74, 6) is 0.126. The number of hydrogen-bond donors (Lipinski definition) is 3. The van der Waals surface area contributed by atoms with E-state index in [4.69, 9.17) is 10.9 Å². The summed E-state index contributed by atoms with van der Waals surface area (Å²) in [6.45, 7) is 2.82. The van der Waals surface area contributed by atoms with Crippen LogP contribution in [-0.4, -0.2) is 40.2 Å². The van der Waals surface area contributed by atoms with Crippen LogP contribution in [0.1, 0.15) is 42.4 Å². The molecule has 1 fully saturated rings. The number of benzene rings is 1. The Labute approximate surface area is 126 Å². The van der Waals surface area contributed by atoms with Crippen LogP contribution >= 0.6 is 0 Å². The van der Waals surface area contributed by atoms with Gasteiger partial charge in [-0.25, -0.2) is 0 Å². The van der Waals surface area contributed by atoms with Gasteiger partial charge in [0.2, 0.25) is 0 Å². The summed E-state index contributed by atoms with van der Waals surface area (Å²) in [7, 11) is 2.07. The van der Waals surface area contributed by atoms with Crippen molar-refractivity contribution in [3.63, 3.8) is 0 Å². The van der Waals surface area contributed by atoms with Crippen molar-refractivity contribution in [2.24, 2.45) is 10.9 Å². The maximum atomic E-state index is 10.1. The van der Waals surface area contributed by atoms with Crippen LogP contribution < -0.4 is 5.73 Å². The smallest absolute Gasteiger partial charge is 0.170 e. The van der Waals surface area contributed by atoms with E-state index in [-0.39, 0.29) is 18.0 Å². The summed E-state index contributed by atoms with van der Waals surface area (Å²) in [6.07, 6.45) is 4.04. The first kappa shape index (κ1) is 15.8. The number of oxime groups is 1. The lowest BCUT2D eigenvalue weighted by molar-refractivity contribution is 0.0287. The van der Waals surface area contributed by atoms with Crippen molar-refractivity contribution in [3.05, 3.63) is 34.9 Å². The van der Waals surface area contributed by atoms with Crippen LogP contribution in [0.4, 0.5) is 0 Å². The van der Waals surface area contributed by atoms with E-state index in [1.807, 2.05) is 25.1 Å². The highest BCUT2D eigenvalue weighted by Gasteiger charge is 2.26. The first-order chi connectivity index (χ1) is 10.0. The predicted octanol–water partition coefficient (Wildman–Crippen LogP) is 1.82. The molecular weight excluding hydrogens is 266 g/mol. The molecule has 0 aliphatic heterocycles. The Balaban J connectivity index is 2.08. The highest BCUT2D eigenvalue weighted by Crippen LogP contribution is 2.24. The molecule has 0 radical (unpaired) electrons. The molecule has 2 atom stereocenters. The maximum absolute atomic E-state index is 10.1. The Bertz CT molecular complexity index is 516. The van der Waals surface area contributed by atoms with Gasteiger partial charge in [-0.3, -0.25) is 4.90 Å². The SMILES string of the molecule is Cc1cc(/C(N)=N/O)ccc1CN(C)C1CCCCC1O. The van der Waals surface area contributed by atoms with E-state index in [9.17, 15) is 5.11 Å². The number of nitrogens with zero attached hydrogens (tertiary/aromatic N) is 2. The average molecular weight is 291 g/mol. The lowest BCUT2D eigenvalue weighted by Gasteiger charge is -2.35. The van der Waals surface area contributed by atoms with Crippen LogP contribution in [0.3, 0.4) is 0 Å². The van der Waals surface area contributed by atoms with Crippen molar-refractivity contribution < 1.29 is 10.3 Å². The van der Waals surface area contributed by atoms with Crippen molar-refractivity contribution in [3.8, 4) is 0 Å². The third kappa shape index (κ3) is 3.74. The van der Waals surface area contributed by atoms with Gasteiger partial charge in [0, 0.05) is 18.2 Å². The van der Waals surface area contributed by atoms with Crippen LogP contribution in [0.2, 0.25) is 0 Å². The molecule has 5 heteroatoms. The molecule has 0 amide bonds. The van der Waals surface area contributed by atoms with E-state index in [2.05, 4.69) is 17.1 Å². The number of aliphatic hydroxyl groups is 1. The molecule has 0 spiro atoms. The number of rotatable bonds is 4. The zero-order valence-corrected chi connectivity index (χ0v) is 12.8. The second-order valence-corrected chi connectivity index (χ2v) is 5.96. The van der Waals surface area contributed by atoms with Gasteiger partial charge in [0.1, 0.15) is 0 Å². The second-order valence-electron chi connectivity index (χ2n) is 5.96. The Morgan fingerprint density at radius 3 is 2.71 bits per heavy atom. The van der Waals surface area contributed by atoms with Crippen LogP contribution in [0, 0.1) is 6.92 Å². The number of aliphatic hydroxyl groups excluding tert-OH is 1. The molecule has 4 N–H and O–H groups in total. The lowest BCUT2D eigenvalue weighted by atomic mass is 9.91. The Morgan fingerprint density at radius 1 is 1.38 bits per heavy atom. The fourth-order valence-corrected chi connectivity index (χ4v) is 3.08. The molecule has 1 aromatic carbocycles. The van der Waals surface area contributed by atoms with Crippen molar-refractivity contribution in [2.45, 2.75) is 51.3 Å². The van der Waals surface area contributed by atoms with Crippen LogP contribution in [-0.2, 0) is 6.54 Å². The molecule has 0 aromatic heterocycles. The van der Waals surface area contributed by atoms with E-state index >= 15 is 0 Å². The predicted molar refractivity (Wildman–Crippen MR) is 83.4 cm³/mol. The zero-order chi connectivity index (χ0) is 15.4. The molecule has 0 heterocycles. The van der Waals surface area contributed by atoms with Crippen molar-refractivity contribution >= 4 is 5.84 Å². The average Bonchev–Trinajstić information content (AvgIpc) is 2.48. The second kappa shape index (κ2) is 6.91. The van der Waals surface area contributed by atoms with E-state index in [1.54, 1.807) is 0 Å². The third-order valence-corrected chi connectivity index (χ3v) is 4.43. The first-order valence-corrected chi connectivity index (χ1v) is 7.48. The van der Waals surface area contributed by atoms with Gasteiger partial charge in [-0.1, -0.05) is 30.1 Å². The number of hydrogen-bond acceptors (Lipinski definition) is 4. The molecule has 5 nitrogen and oxygen atoms in total. The monoisotopic (exact) mass is 291 g/mol. The van der Waals surface area contributed by atoms with Crippen molar-refractivity contribution in [2.75, 3.05) is 7.05 Å². The van der Waals surface area contributed by atoms with Crippen LogP contribution in [0.5, 0.6) is 0 Å². The summed E-state index contributed by atoms with van der Waals surface area (Å²) in [4.78, 5) is 2.23. The topological polar surface area (TPSA) is 82.1 Å². The third-order valence-electron chi connectivity index (χ3n) is 4.43. The molecule has 0 saturated heterocycles. The Morgan fingerprint density at radius 2 is 2.10 bits per heavy atom. The fraction of sp³-hybridized carbons (Fsp3) is 0.562. The van der Waals surface area contributed by atoms with Gasteiger partial charge in [-0.2, -0.15) is 0 Å². The Hall–Kier alpha value is -1.59. The van der Waals surface area contributed by atoms with Gasteiger partial charge in [-0.05, 0) is 44.0 Å². The van der Waals surface area contributed by atoms with Crippen molar-refractivity contribution in [1.82, 2.24) is 4.90 Å². The number of aryl methyl sites for hydroxylation is 1. The number of amidine groups is 1.